The summed E-state index contributed by atoms with van der Waals surface area (Å²) in [4.78, 5) is 17.0. The first-order valence-corrected chi connectivity index (χ1v) is 12.3. The largest absolute Gasteiger partial charge is 0.295 e. The Balaban J connectivity index is 1.55. The van der Waals surface area contributed by atoms with Crippen LogP contribution in [0.15, 0.2) is 70.1 Å². The monoisotopic (exact) mass is 434 g/mol. The van der Waals surface area contributed by atoms with E-state index < -0.39 is 10.0 Å². The highest BCUT2D eigenvalue weighted by Gasteiger charge is 2.45. The zero-order valence-corrected chi connectivity index (χ0v) is 18.3. The molecule has 2 aromatic carbocycles. The van der Waals surface area contributed by atoms with Crippen LogP contribution < -0.4 is 10.6 Å². The third-order valence-electron chi connectivity index (χ3n) is 6.77. The van der Waals surface area contributed by atoms with Gasteiger partial charge in [0.1, 0.15) is 4.90 Å². The van der Waals surface area contributed by atoms with Gasteiger partial charge in [-0.2, -0.15) is 4.31 Å². The minimum atomic E-state index is -3.69. The Morgan fingerprint density at radius 3 is 2.71 bits per heavy atom. The van der Waals surface area contributed by atoms with E-state index in [0.29, 0.717) is 49.1 Å². The predicted octanol–water partition coefficient (Wildman–Crippen LogP) is 2.40. The molecule has 0 radical (unpaired) electrons. The van der Waals surface area contributed by atoms with Crippen LogP contribution in [-0.4, -0.2) is 38.1 Å². The maximum absolute atomic E-state index is 13.8. The highest BCUT2D eigenvalue weighted by atomic mass is 32.2. The second kappa shape index (κ2) is 7.84. The van der Waals surface area contributed by atoms with E-state index in [1.807, 2.05) is 24.3 Å². The summed E-state index contributed by atoms with van der Waals surface area (Å²) in [5.74, 6) is 0.154. The molecule has 1 unspecified atom stereocenters. The first-order chi connectivity index (χ1) is 15.0. The lowest BCUT2D eigenvalue weighted by Crippen LogP contribution is -2.51. The molecule has 2 heterocycles. The van der Waals surface area contributed by atoms with Crippen molar-refractivity contribution in [3.05, 3.63) is 76.3 Å². The van der Waals surface area contributed by atoms with Crippen LogP contribution in [0.5, 0.6) is 0 Å². The smallest absolute Gasteiger partial charge is 0.245 e. The number of sulfonamides is 1. The maximum atomic E-state index is 13.8. The number of allylic oxidation sites excluding steroid dienone is 1. The van der Waals surface area contributed by atoms with Gasteiger partial charge in [0, 0.05) is 31.5 Å². The maximum Gasteiger partial charge on any atom is 0.245 e. The van der Waals surface area contributed by atoms with Crippen molar-refractivity contribution in [3.8, 4) is 0 Å². The average molecular weight is 435 g/mol. The van der Waals surface area contributed by atoms with E-state index in [4.69, 9.17) is 0 Å². The quantitative estimate of drug-likeness (QED) is 0.742. The normalized spacial score (nSPS) is 23.7. The summed E-state index contributed by atoms with van der Waals surface area (Å²) in [6.45, 7) is 1.41. The van der Waals surface area contributed by atoms with Crippen molar-refractivity contribution in [2.75, 3.05) is 19.6 Å². The van der Waals surface area contributed by atoms with Crippen molar-refractivity contribution < 1.29 is 13.2 Å². The molecule has 1 saturated heterocycles. The van der Waals surface area contributed by atoms with Crippen molar-refractivity contribution in [1.29, 1.82) is 0 Å². The highest BCUT2D eigenvalue weighted by Crippen LogP contribution is 2.45. The molecule has 0 saturated carbocycles. The summed E-state index contributed by atoms with van der Waals surface area (Å²) >= 11 is 0. The number of ketones is 1. The molecule has 0 spiro atoms. The summed E-state index contributed by atoms with van der Waals surface area (Å²) in [6, 6.07) is 15.6. The Hall–Kier alpha value is -2.57. The van der Waals surface area contributed by atoms with Gasteiger partial charge in [-0.1, -0.05) is 54.1 Å². The zero-order chi connectivity index (χ0) is 21.5. The standard InChI is InChI=1S/C25H26N2O3S/c28-22-11-13-25(17-19-6-2-1-3-7-19)18-27(15-12-21(25)16-22)31(29,30)23-10-4-8-20-9-5-14-26-24(20)23/h1-4,6-10,16H,5,11-15,17-18H2. The number of piperidine rings is 1. The number of nitrogens with zero attached hydrogens (tertiary/aromatic N) is 2. The fraction of sp³-hybridized carbons (Fsp3) is 0.360. The second-order valence-corrected chi connectivity index (χ2v) is 10.6. The molecule has 3 aliphatic rings. The van der Waals surface area contributed by atoms with Gasteiger partial charge in [0.25, 0.3) is 0 Å². The first kappa shape index (κ1) is 20.3. The second-order valence-electron chi connectivity index (χ2n) is 8.74. The molecule has 0 aromatic heterocycles. The summed E-state index contributed by atoms with van der Waals surface area (Å²) in [5, 5.41) is 1.48. The van der Waals surface area contributed by atoms with Crippen molar-refractivity contribution in [3.63, 3.8) is 0 Å². The van der Waals surface area contributed by atoms with Crippen molar-refractivity contribution in [2.24, 2.45) is 10.4 Å². The number of rotatable bonds is 4. The van der Waals surface area contributed by atoms with E-state index in [2.05, 4.69) is 23.2 Å². The van der Waals surface area contributed by atoms with Crippen LogP contribution in [0.1, 0.15) is 31.2 Å². The van der Waals surface area contributed by atoms with E-state index in [-0.39, 0.29) is 11.2 Å². The lowest BCUT2D eigenvalue weighted by Gasteiger charge is -2.46. The summed E-state index contributed by atoms with van der Waals surface area (Å²) < 4.78 is 29.1. The molecular formula is C25H26N2O3S. The van der Waals surface area contributed by atoms with E-state index in [1.54, 1.807) is 22.5 Å². The summed E-state index contributed by atoms with van der Waals surface area (Å²) in [7, 11) is -3.69. The SMILES string of the molecule is O=C1C=C2CCN(S(=O)(=O)c3cccc4c3=NCCC=4)CC2(Cc2ccccc2)CC1. The van der Waals surface area contributed by atoms with E-state index in [0.717, 1.165) is 23.6 Å². The molecule has 31 heavy (non-hydrogen) atoms. The van der Waals surface area contributed by atoms with E-state index in [1.165, 1.54) is 5.56 Å². The minimum absolute atomic E-state index is 0.154. The van der Waals surface area contributed by atoms with Crippen LogP contribution in [0, 0.1) is 5.41 Å². The van der Waals surface area contributed by atoms with Gasteiger partial charge in [-0.25, -0.2) is 8.42 Å². The fourth-order valence-corrected chi connectivity index (χ4v) is 6.89. The number of hydrogen-bond donors (Lipinski definition) is 0. The summed E-state index contributed by atoms with van der Waals surface area (Å²) in [5.41, 5.74) is 1.94. The molecule has 2 aromatic rings. The molecular weight excluding hydrogens is 408 g/mol. The molecule has 0 N–H and O–H groups in total. The van der Waals surface area contributed by atoms with Gasteiger partial charge in [-0.05, 0) is 48.6 Å². The van der Waals surface area contributed by atoms with Gasteiger partial charge in [-0.15, -0.1) is 0 Å². The predicted molar refractivity (Wildman–Crippen MR) is 119 cm³/mol. The Labute approximate surface area is 182 Å². The molecule has 0 amide bonds. The van der Waals surface area contributed by atoms with Crippen molar-refractivity contribution in [2.45, 2.75) is 37.0 Å². The molecule has 5 nitrogen and oxygen atoms in total. The van der Waals surface area contributed by atoms with Gasteiger partial charge in [0.15, 0.2) is 5.78 Å². The number of carbonyl (C=O) groups is 1. The third kappa shape index (κ3) is 3.68. The lowest BCUT2D eigenvalue weighted by molar-refractivity contribution is -0.116. The van der Waals surface area contributed by atoms with Gasteiger partial charge in [-0.3, -0.25) is 9.79 Å². The number of benzene rings is 2. The lowest BCUT2D eigenvalue weighted by atomic mass is 9.66. The topological polar surface area (TPSA) is 66.8 Å². The van der Waals surface area contributed by atoms with E-state index in [9.17, 15) is 13.2 Å². The number of para-hydroxylation sites is 1. The zero-order valence-electron chi connectivity index (χ0n) is 17.5. The van der Waals surface area contributed by atoms with Crippen LogP contribution in [0.3, 0.4) is 0 Å². The highest BCUT2D eigenvalue weighted by molar-refractivity contribution is 7.89. The number of carbonyl (C=O) groups excluding carboxylic acids is 1. The Morgan fingerprint density at radius 2 is 1.87 bits per heavy atom. The molecule has 5 rings (SSSR count). The van der Waals surface area contributed by atoms with E-state index >= 15 is 0 Å². The van der Waals surface area contributed by atoms with Crippen molar-refractivity contribution in [1.82, 2.24) is 4.31 Å². The molecule has 1 atom stereocenters. The molecule has 160 valence electrons. The molecule has 2 aliphatic heterocycles. The van der Waals surface area contributed by atoms with Crippen LogP contribution in [0.25, 0.3) is 6.08 Å². The molecule has 1 fully saturated rings. The van der Waals surface area contributed by atoms with Crippen LogP contribution in [0.4, 0.5) is 0 Å². The molecule has 6 heteroatoms. The van der Waals surface area contributed by atoms with Gasteiger partial charge in [0.05, 0.1) is 5.36 Å². The van der Waals surface area contributed by atoms with Crippen LogP contribution in [-0.2, 0) is 21.2 Å². The van der Waals surface area contributed by atoms with Gasteiger partial charge in [0.2, 0.25) is 10.0 Å². The van der Waals surface area contributed by atoms with Crippen molar-refractivity contribution >= 4 is 21.9 Å². The summed E-state index contributed by atoms with van der Waals surface area (Å²) in [6.07, 6.45) is 7.16. The average Bonchev–Trinajstić information content (AvgIpc) is 2.79. The van der Waals surface area contributed by atoms with Gasteiger partial charge < -0.3 is 0 Å². The first-order valence-electron chi connectivity index (χ1n) is 10.9. The number of fused-ring (bicyclic) bond motifs is 2. The molecule has 0 bridgehead atoms. The Kier molecular flexibility index (Phi) is 5.15. The van der Waals surface area contributed by atoms with Crippen LogP contribution >= 0.6 is 0 Å². The Bertz CT molecular complexity index is 1280. The fourth-order valence-electron chi connectivity index (χ4n) is 5.19. The third-order valence-corrected chi connectivity index (χ3v) is 8.65. The molecule has 1 aliphatic carbocycles. The Morgan fingerprint density at radius 1 is 1.03 bits per heavy atom. The van der Waals surface area contributed by atoms with Gasteiger partial charge >= 0.3 is 0 Å². The van der Waals surface area contributed by atoms with Crippen LogP contribution in [0.2, 0.25) is 0 Å². The number of hydrogen-bond acceptors (Lipinski definition) is 4. The minimum Gasteiger partial charge on any atom is -0.295 e.